The highest BCUT2D eigenvalue weighted by atomic mass is 15.1. The molecule has 0 bridgehead atoms. The third-order valence-electron chi connectivity index (χ3n) is 5.98. The minimum atomic E-state index is 0.642. The van der Waals surface area contributed by atoms with Crippen molar-refractivity contribution in [2.24, 2.45) is 5.92 Å². The topological polar surface area (TPSA) is 53.9 Å². The van der Waals surface area contributed by atoms with Crippen LogP contribution in [-0.2, 0) is 0 Å². The molecule has 0 radical (unpaired) electrons. The van der Waals surface area contributed by atoms with Crippen molar-refractivity contribution in [3.05, 3.63) is 42.0 Å². The molecule has 136 valence electrons. The van der Waals surface area contributed by atoms with Crippen LogP contribution in [0.15, 0.2) is 30.7 Å². The van der Waals surface area contributed by atoms with E-state index in [-0.39, 0.29) is 0 Å². The van der Waals surface area contributed by atoms with Gasteiger partial charge in [0.05, 0.1) is 18.1 Å². The first-order valence-corrected chi connectivity index (χ1v) is 10.1. The lowest BCUT2D eigenvalue weighted by Crippen LogP contribution is -2.34. The molecule has 3 aliphatic rings. The van der Waals surface area contributed by atoms with Gasteiger partial charge in [0.25, 0.3) is 0 Å². The van der Waals surface area contributed by atoms with Crippen molar-refractivity contribution in [3.63, 3.8) is 0 Å². The monoisotopic (exact) mass is 349 g/mol. The number of aromatic nitrogens is 3. The number of piperidine rings is 1. The predicted molar refractivity (Wildman–Crippen MR) is 103 cm³/mol. The summed E-state index contributed by atoms with van der Waals surface area (Å²) in [7, 11) is 0. The molecule has 5 nitrogen and oxygen atoms in total. The van der Waals surface area contributed by atoms with Crippen LogP contribution in [0.5, 0.6) is 0 Å². The Morgan fingerprint density at radius 1 is 0.885 bits per heavy atom. The third kappa shape index (κ3) is 3.88. The molecule has 26 heavy (non-hydrogen) atoms. The molecule has 0 aromatic carbocycles. The number of nitrogens with one attached hydrogen (secondary N) is 1. The molecule has 0 spiro atoms. The average Bonchev–Trinajstić information content (AvgIpc) is 3.58. The maximum Gasteiger partial charge on any atom is 0.150 e. The Morgan fingerprint density at radius 3 is 2.42 bits per heavy atom. The van der Waals surface area contributed by atoms with Gasteiger partial charge in [0, 0.05) is 18.7 Å². The predicted octanol–water partition coefficient (Wildman–Crippen LogP) is 4.08. The van der Waals surface area contributed by atoms with Crippen molar-refractivity contribution < 1.29 is 0 Å². The molecule has 0 atom stereocenters. The van der Waals surface area contributed by atoms with Crippen molar-refractivity contribution >= 4 is 11.6 Å². The van der Waals surface area contributed by atoms with Crippen LogP contribution in [0, 0.1) is 5.92 Å². The molecule has 5 rings (SSSR count). The molecule has 0 amide bonds. The summed E-state index contributed by atoms with van der Waals surface area (Å²) in [4.78, 5) is 16.2. The average molecular weight is 349 g/mol. The van der Waals surface area contributed by atoms with Crippen molar-refractivity contribution in [2.45, 2.75) is 50.4 Å². The lowest BCUT2D eigenvalue weighted by Gasteiger charge is -2.32. The number of nitrogens with zero attached hydrogens (tertiary/aromatic N) is 4. The zero-order valence-corrected chi connectivity index (χ0v) is 15.3. The van der Waals surface area contributed by atoms with Gasteiger partial charge in [0.15, 0.2) is 0 Å². The normalized spacial score (nSPS) is 21.7. The van der Waals surface area contributed by atoms with Gasteiger partial charge in [0.2, 0.25) is 0 Å². The Balaban J connectivity index is 1.21. The molecule has 3 heterocycles. The molecule has 1 N–H and O–H groups in total. The summed E-state index contributed by atoms with van der Waals surface area (Å²) in [6.45, 7) is 3.80. The second-order valence-corrected chi connectivity index (χ2v) is 8.22. The minimum absolute atomic E-state index is 0.642. The van der Waals surface area contributed by atoms with E-state index in [1.807, 2.05) is 18.6 Å². The van der Waals surface area contributed by atoms with Gasteiger partial charge in [-0.3, -0.25) is 4.98 Å². The van der Waals surface area contributed by atoms with E-state index in [1.165, 1.54) is 63.7 Å². The maximum absolute atomic E-state index is 4.53. The molecule has 2 aliphatic carbocycles. The standard InChI is InChI=1S/C21H27N5/c1-2-15(1)14-26-9-6-16(7-10-26)18-5-8-22-20(11-18)25-21-13-23-19(12-24-21)17-3-4-17/h5,8,11-13,15-17H,1-4,6-7,9-10,14H2,(H,22,24,25). The SMILES string of the molecule is c1cc(C2CCN(CC3CC3)CC2)cc(Nc2cnc(C3CC3)cn2)n1. The first kappa shape index (κ1) is 16.2. The molecule has 3 fully saturated rings. The number of hydrogen-bond donors (Lipinski definition) is 1. The minimum Gasteiger partial charge on any atom is -0.324 e. The molecule has 2 saturated carbocycles. The zero-order chi connectivity index (χ0) is 17.3. The number of pyridine rings is 1. The van der Waals surface area contributed by atoms with Crippen LogP contribution in [0.2, 0.25) is 0 Å². The van der Waals surface area contributed by atoms with E-state index >= 15 is 0 Å². The number of anilines is 2. The molecule has 2 aromatic heterocycles. The summed E-state index contributed by atoms with van der Waals surface area (Å²) < 4.78 is 0. The Kier molecular flexibility index (Phi) is 4.33. The molecule has 1 saturated heterocycles. The Bertz CT molecular complexity index is 743. The van der Waals surface area contributed by atoms with E-state index in [4.69, 9.17) is 0 Å². The van der Waals surface area contributed by atoms with Crippen LogP contribution in [0.3, 0.4) is 0 Å². The van der Waals surface area contributed by atoms with E-state index in [2.05, 4.69) is 37.3 Å². The van der Waals surface area contributed by atoms with Gasteiger partial charge in [-0.15, -0.1) is 0 Å². The highest BCUT2D eigenvalue weighted by molar-refractivity contribution is 5.51. The summed E-state index contributed by atoms with van der Waals surface area (Å²) in [5, 5.41) is 3.32. The van der Waals surface area contributed by atoms with Crippen molar-refractivity contribution in [1.29, 1.82) is 0 Å². The smallest absolute Gasteiger partial charge is 0.150 e. The fraction of sp³-hybridized carbons (Fsp3) is 0.571. The summed E-state index contributed by atoms with van der Waals surface area (Å²) in [6, 6.07) is 4.37. The molecule has 1 aliphatic heterocycles. The second-order valence-electron chi connectivity index (χ2n) is 8.22. The highest BCUT2D eigenvalue weighted by Gasteiger charge is 2.27. The van der Waals surface area contributed by atoms with Crippen LogP contribution in [0.25, 0.3) is 0 Å². The first-order chi connectivity index (χ1) is 12.8. The fourth-order valence-electron chi connectivity index (χ4n) is 4.01. The number of hydrogen-bond acceptors (Lipinski definition) is 5. The fourth-order valence-corrected chi connectivity index (χ4v) is 4.01. The largest absolute Gasteiger partial charge is 0.324 e. The van der Waals surface area contributed by atoms with Crippen molar-refractivity contribution in [3.8, 4) is 0 Å². The zero-order valence-electron chi connectivity index (χ0n) is 15.3. The van der Waals surface area contributed by atoms with Crippen LogP contribution in [-0.4, -0.2) is 39.5 Å². The van der Waals surface area contributed by atoms with Crippen LogP contribution < -0.4 is 5.32 Å². The van der Waals surface area contributed by atoms with Crippen LogP contribution >= 0.6 is 0 Å². The molecule has 0 unspecified atom stereocenters. The van der Waals surface area contributed by atoms with Crippen molar-refractivity contribution in [2.75, 3.05) is 25.0 Å². The lowest BCUT2D eigenvalue weighted by atomic mass is 9.90. The summed E-state index contributed by atoms with van der Waals surface area (Å²) >= 11 is 0. The summed E-state index contributed by atoms with van der Waals surface area (Å²) in [5.41, 5.74) is 2.52. The van der Waals surface area contributed by atoms with Gasteiger partial charge in [-0.1, -0.05) is 0 Å². The van der Waals surface area contributed by atoms with E-state index in [9.17, 15) is 0 Å². The van der Waals surface area contributed by atoms with Crippen LogP contribution in [0.4, 0.5) is 11.6 Å². The third-order valence-corrected chi connectivity index (χ3v) is 5.98. The van der Waals surface area contributed by atoms with Crippen molar-refractivity contribution in [1.82, 2.24) is 19.9 Å². The van der Waals surface area contributed by atoms with Gasteiger partial charge in [0.1, 0.15) is 11.6 Å². The van der Waals surface area contributed by atoms with Gasteiger partial charge in [-0.2, -0.15) is 0 Å². The molecular weight excluding hydrogens is 322 g/mol. The highest BCUT2D eigenvalue weighted by Crippen LogP contribution is 2.38. The van der Waals surface area contributed by atoms with Gasteiger partial charge >= 0.3 is 0 Å². The van der Waals surface area contributed by atoms with E-state index in [1.54, 1.807) is 0 Å². The second kappa shape index (κ2) is 6.95. The lowest BCUT2D eigenvalue weighted by molar-refractivity contribution is 0.204. The Hall–Kier alpha value is -2.01. The quantitative estimate of drug-likeness (QED) is 0.851. The molecule has 5 heteroatoms. The summed E-state index contributed by atoms with van der Waals surface area (Å²) in [5.74, 6) is 3.94. The first-order valence-electron chi connectivity index (χ1n) is 10.1. The van der Waals surface area contributed by atoms with Gasteiger partial charge in [-0.05, 0) is 81.1 Å². The maximum atomic E-state index is 4.53. The number of rotatable bonds is 6. The summed E-state index contributed by atoms with van der Waals surface area (Å²) in [6.07, 6.45) is 13.6. The Morgan fingerprint density at radius 2 is 1.73 bits per heavy atom. The van der Waals surface area contributed by atoms with Gasteiger partial charge < -0.3 is 10.2 Å². The molecular formula is C21H27N5. The van der Waals surface area contributed by atoms with E-state index < -0.39 is 0 Å². The number of likely N-dealkylation sites (tertiary alicyclic amines) is 1. The van der Waals surface area contributed by atoms with E-state index in [0.29, 0.717) is 11.8 Å². The van der Waals surface area contributed by atoms with Crippen LogP contribution in [0.1, 0.15) is 61.6 Å². The molecule has 2 aromatic rings. The Labute approximate surface area is 155 Å². The van der Waals surface area contributed by atoms with E-state index in [0.717, 1.165) is 23.2 Å². The van der Waals surface area contributed by atoms with Gasteiger partial charge in [-0.25, -0.2) is 9.97 Å².